The summed E-state index contributed by atoms with van der Waals surface area (Å²) < 4.78 is 0. The van der Waals surface area contributed by atoms with Gasteiger partial charge in [0.15, 0.2) is 0 Å². The van der Waals surface area contributed by atoms with Crippen LogP contribution >= 0.6 is 11.3 Å². The summed E-state index contributed by atoms with van der Waals surface area (Å²) in [6.07, 6.45) is 3.92. The number of thiazole rings is 1. The molecule has 0 bridgehead atoms. The van der Waals surface area contributed by atoms with Crippen molar-refractivity contribution in [1.29, 1.82) is 0 Å². The number of aromatic nitrogens is 1. The molecule has 0 saturated carbocycles. The number of carbonyl (C=O) groups is 1. The number of carbonyl (C=O) groups excluding carboxylic acids is 1. The minimum Gasteiger partial charge on any atom is -0.348 e. The maximum Gasteiger partial charge on any atom is 0.263 e. The molecule has 2 aromatic rings. The van der Waals surface area contributed by atoms with Gasteiger partial charge in [0, 0.05) is 6.54 Å². The molecule has 0 radical (unpaired) electrons. The number of hydrogen-bond donors (Lipinski definition) is 1. The van der Waals surface area contributed by atoms with Crippen LogP contribution in [0, 0.1) is 6.92 Å². The fourth-order valence-corrected chi connectivity index (χ4v) is 2.23. The van der Waals surface area contributed by atoms with Crippen LogP contribution in [0.1, 0.15) is 20.9 Å². The van der Waals surface area contributed by atoms with E-state index in [9.17, 15) is 4.79 Å². The highest BCUT2D eigenvalue weighted by atomic mass is 32.1. The summed E-state index contributed by atoms with van der Waals surface area (Å²) >= 11 is 1.36. The van der Waals surface area contributed by atoms with E-state index < -0.39 is 0 Å². The Kier molecular flexibility index (Phi) is 4.25. The van der Waals surface area contributed by atoms with Gasteiger partial charge in [-0.1, -0.05) is 42.5 Å². The lowest BCUT2D eigenvalue weighted by Crippen LogP contribution is -2.23. The molecule has 0 unspecified atom stereocenters. The number of amides is 1. The number of nitrogens with zero attached hydrogens (tertiary/aromatic N) is 1. The minimum atomic E-state index is -0.0623. The standard InChI is InChI=1S/C14H14N2OS/c1-11-13(18-10-16-11)14(17)15-9-5-8-12-6-3-2-4-7-12/h2-8,10H,9H2,1H3,(H,15,17)/b8-5-. The molecular weight excluding hydrogens is 244 g/mol. The van der Waals surface area contributed by atoms with E-state index in [1.165, 1.54) is 11.3 Å². The fourth-order valence-electron chi connectivity index (χ4n) is 1.51. The average Bonchev–Trinajstić information content (AvgIpc) is 2.82. The van der Waals surface area contributed by atoms with E-state index in [4.69, 9.17) is 0 Å². The van der Waals surface area contributed by atoms with E-state index in [2.05, 4.69) is 10.3 Å². The first-order chi connectivity index (χ1) is 8.77. The molecule has 0 aliphatic rings. The first-order valence-corrected chi connectivity index (χ1v) is 6.55. The summed E-state index contributed by atoms with van der Waals surface area (Å²) in [6.45, 7) is 2.36. The van der Waals surface area contributed by atoms with Gasteiger partial charge in [0.25, 0.3) is 5.91 Å². The number of rotatable bonds is 4. The van der Waals surface area contributed by atoms with Gasteiger partial charge in [-0.2, -0.15) is 0 Å². The second-order valence-electron chi connectivity index (χ2n) is 3.79. The molecule has 2 rings (SSSR count). The molecule has 0 atom stereocenters. The molecular formula is C14H14N2OS. The van der Waals surface area contributed by atoms with Crippen molar-refractivity contribution in [1.82, 2.24) is 10.3 Å². The summed E-state index contributed by atoms with van der Waals surface area (Å²) in [5.74, 6) is -0.0623. The van der Waals surface area contributed by atoms with Crippen LogP contribution in [0.3, 0.4) is 0 Å². The fraction of sp³-hybridized carbons (Fsp3) is 0.143. The Morgan fingerprint density at radius 2 is 2.17 bits per heavy atom. The molecule has 1 amide bonds. The maximum atomic E-state index is 11.8. The summed E-state index contributed by atoms with van der Waals surface area (Å²) in [7, 11) is 0. The van der Waals surface area contributed by atoms with E-state index in [0.717, 1.165) is 11.3 Å². The second-order valence-corrected chi connectivity index (χ2v) is 4.64. The quantitative estimate of drug-likeness (QED) is 0.916. The van der Waals surface area contributed by atoms with Crippen LogP contribution in [0.15, 0.2) is 41.9 Å². The Hall–Kier alpha value is -1.94. The molecule has 92 valence electrons. The van der Waals surface area contributed by atoms with Gasteiger partial charge in [0.2, 0.25) is 0 Å². The predicted octanol–water partition coefficient (Wildman–Crippen LogP) is 2.89. The molecule has 1 aromatic carbocycles. The monoisotopic (exact) mass is 258 g/mol. The first-order valence-electron chi connectivity index (χ1n) is 5.67. The van der Waals surface area contributed by atoms with Crippen LogP contribution in [0.4, 0.5) is 0 Å². The number of benzene rings is 1. The Morgan fingerprint density at radius 1 is 1.39 bits per heavy atom. The maximum absolute atomic E-state index is 11.8. The van der Waals surface area contributed by atoms with Crippen LogP contribution in [-0.4, -0.2) is 17.4 Å². The second kappa shape index (κ2) is 6.12. The molecule has 1 N–H and O–H groups in total. The van der Waals surface area contributed by atoms with Crippen molar-refractivity contribution in [2.75, 3.05) is 6.54 Å². The first kappa shape index (κ1) is 12.5. The Bertz CT molecular complexity index is 546. The van der Waals surface area contributed by atoms with Crippen LogP contribution in [0.5, 0.6) is 0 Å². The smallest absolute Gasteiger partial charge is 0.263 e. The lowest BCUT2D eigenvalue weighted by Gasteiger charge is -1.99. The minimum absolute atomic E-state index is 0.0623. The zero-order valence-electron chi connectivity index (χ0n) is 10.1. The van der Waals surface area contributed by atoms with Gasteiger partial charge < -0.3 is 5.32 Å². The highest BCUT2D eigenvalue weighted by Crippen LogP contribution is 2.11. The van der Waals surface area contributed by atoms with E-state index >= 15 is 0 Å². The van der Waals surface area contributed by atoms with Crippen molar-refractivity contribution < 1.29 is 4.79 Å². The van der Waals surface area contributed by atoms with Gasteiger partial charge in [0.05, 0.1) is 11.2 Å². The lowest BCUT2D eigenvalue weighted by molar-refractivity contribution is 0.0961. The summed E-state index contributed by atoms with van der Waals surface area (Å²) in [4.78, 5) is 16.5. The SMILES string of the molecule is Cc1ncsc1C(=O)NC/C=C\c1ccccc1. The van der Waals surface area contributed by atoms with E-state index in [-0.39, 0.29) is 5.91 Å². The van der Waals surface area contributed by atoms with Crippen molar-refractivity contribution in [3.05, 3.63) is 58.1 Å². The van der Waals surface area contributed by atoms with Gasteiger partial charge in [-0.25, -0.2) is 4.98 Å². The molecule has 0 spiro atoms. The third-order valence-corrected chi connectivity index (χ3v) is 3.37. The lowest BCUT2D eigenvalue weighted by atomic mass is 10.2. The van der Waals surface area contributed by atoms with Gasteiger partial charge >= 0.3 is 0 Å². The summed E-state index contributed by atoms with van der Waals surface area (Å²) in [5, 5.41) is 2.84. The Labute approximate surface area is 110 Å². The van der Waals surface area contributed by atoms with Gasteiger partial charge in [-0.3, -0.25) is 4.79 Å². The number of aryl methyl sites for hydroxylation is 1. The molecule has 4 heteroatoms. The van der Waals surface area contributed by atoms with Gasteiger partial charge in [0.1, 0.15) is 4.88 Å². The van der Waals surface area contributed by atoms with Crippen LogP contribution in [0.25, 0.3) is 6.08 Å². The molecule has 1 aromatic heterocycles. The summed E-state index contributed by atoms with van der Waals surface area (Å²) in [6, 6.07) is 9.99. The summed E-state index contributed by atoms with van der Waals surface area (Å²) in [5.41, 5.74) is 3.59. The molecule has 0 saturated heterocycles. The number of nitrogens with one attached hydrogen (secondary N) is 1. The molecule has 1 heterocycles. The van der Waals surface area contributed by atoms with Crippen LogP contribution in [-0.2, 0) is 0 Å². The third kappa shape index (κ3) is 3.28. The molecule has 0 aliphatic carbocycles. The van der Waals surface area contributed by atoms with E-state index in [1.807, 2.05) is 49.4 Å². The molecule has 18 heavy (non-hydrogen) atoms. The van der Waals surface area contributed by atoms with Crippen LogP contribution < -0.4 is 5.32 Å². The van der Waals surface area contributed by atoms with Crippen molar-refractivity contribution in [3.8, 4) is 0 Å². The van der Waals surface area contributed by atoms with E-state index in [1.54, 1.807) is 5.51 Å². The van der Waals surface area contributed by atoms with Gasteiger partial charge in [-0.15, -0.1) is 11.3 Å². The highest BCUT2D eigenvalue weighted by molar-refractivity contribution is 7.11. The molecule has 3 nitrogen and oxygen atoms in total. The Balaban J connectivity index is 1.84. The number of hydrogen-bond acceptors (Lipinski definition) is 3. The highest BCUT2D eigenvalue weighted by Gasteiger charge is 2.09. The van der Waals surface area contributed by atoms with Crippen molar-refractivity contribution in [2.45, 2.75) is 6.92 Å². The zero-order chi connectivity index (χ0) is 12.8. The van der Waals surface area contributed by atoms with Crippen LogP contribution in [0.2, 0.25) is 0 Å². The zero-order valence-corrected chi connectivity index (χ0v) is 10.9. The average molecular weight is 258 g/mol. The predicted molar refractivity (Wildman–Crippen MR) is 74.7 cm³/mol. The largest absolute Gasteiger partial charge is 0.348 e. The third-order valence-electron chi connectivity index (χ3n) is 2.44. The van der Waals surface area contributed by atoms with Crippen molar-refractivity contribution in [3.63, 3.8) is 0 Å². The topological polar surface area (TPSA) is 42.0 Å². The normalized spacial score (nSPS) is 10.7. The molecule has 0 fully saturated rings. The van der Waals surface area contributed by atoms with Crippen molar-refractivity contribution in [2.24, 2.45) is 0 Å². The molecule has 0 aliphatic heterocycles. The van der Waals surface area contributed by atoms with Gasteiger partial charge in [-0.05, 0) is 12.5 Å². The van der Waals surface area contributed by atoms with Crippen molar-refractivity contribution >= 4 is 23.3 Å². The van der Waals surface area contributed by atoms with E-state index in [0.29, 0.717) is 11.4 Å². The Morgan fingerprint density at radius 3 is 2.83 bits per heavy atom.